The number of aromatic amines is 1. The van der Waals surface area contributed by atoms with Crippen LogP contribution in [0.2, 0.25) is 0 Å². The van der Waals surface area contributed by atoms with E-state index in [1.165, 1.54) is 12.3 Å². The molecule has 22 heavy (non-hydrogen) atoms. The van der Waals surface area contributed by atoms with E-state index < -0.39 is 11.5 Å². The molecule has 3 aromatic rings. The van der Waals surface area contributed by atoms with Gasteiger partial charge < -0.3 is 14.1 Å². The Morgan fingerprint density at radius 3 is 2.91 bits per heavy atom. The summed E-state index contributed by atoms with van der Waals surface area (Å²) >= 11 is 5.11. The number of pyridine rings is 1. The minimum atomic E-state index is -1.22. The SMILES string of the molecule is CCn1c(=S)[nH]c(=O)c2c(C(=O)O)cc(-c3ccco3)nc21. The summed E-state index contributed by atoms with van der Waals surface area (Å²) in [5.41, 5.74) is -0.157. The van der Waals surface area contributed by atoms with E-state index in [9.17, 15) is 14.7 Å². The maximum atomic E-state index is 12.1. The molecule has 7 nitrogen and oxygen atoms in total. The predicted octanol–water partition coefficient (Wildman–Crippen LogP) is 2.43. The number of carboxylic acids is 1. The molecule has 0 aliphatic carbocycles. The molecule has 0 saturated carbocycles. The van der Waals surface area contributed by atoms with E-state index in [1.54, 1.807) is 16.7 Å². The summed E-state index contributed by atoms with van der Waals surface area (Å²) in [6.07, 6.45) is 1.46. The second kappa shape index (κ2) is 5.23. The van der Waals surface area contributed by atoms with Gasteiger partial charge in [-0.15, -0.1) is 0 Å². The molecule has 8 heteroatoms. The number of H-pyrrole nitrogens is 1. The lowest BCUT2D eigenvalue weighted by Gasteiger charge is -2.10. The van der Waals surface area contributed by atoms with Gasteiger partial charge >= 0.3 is 5.97 Å². The molecule has 0 aromatic carbocycles. The summed E-state index contributed by atoms with van der Waals surface area (Å²) in [6, 6.07) is 4.66. The van der Waals surface area contributed by atoms with Crippen LogP contribution in [0.4, 0.5) is 0 Å². The van der Waals surface area contributed by atoms with Gasteiger partial charge in [0.2, 0.25) is 0 Å². The molecule has 3 aromatic heterocycles. The number of aromatic carboxylic acids is 1. The van der Waals surface area contributed by atoms with Crippen molar-refractivity contribution in [2.75, 3.05) is 0 Å². The zero-order valence-corrected chi connectivity index (χ0v) is 12.3. The first-order valence-corrected chi connectivity index (χ1v) is 6.88. The molecule has 0 radical (unpaired) electrons. The first-order valence-electron chi connectivity index (χ1n) is 6.48. The number of hydrogen-bond donors (Lipinski definition) is 2. The lowest BCUT2D eigenvalue weighted by atomic mass is 10.1. The smallest absolute Gasteiger partial charge is 0.336 e. The number of rotatable bonds is 3. The first kappa shape index (κ1) is 14.2. The Labute approximate surface area is 128 Å². The molecule has 3 heterocycles. The van der Waals surface area contributed by atoms with E-state index in [4.69, 9.17) is 16.6 Å². The number of furan rings is 1. The molecular weight excluding hydrogens is 306 g/mol. The van der Waals surface area contributed by atoms with Gasteiger partial charge in [-0.3, -0.25) is 9.78 Å². The average molecular weight is 317 g/mol. The standard InChI is InChI=1S/C14H11N3O4S/c1-2-17-11-10(12(18)16-14(17)22)7(13(19)20)6-8(15-11)9-4-3-5-21-9/h3-6H,2H2,1H3,(H,19,20)(H,16,18,22). The van der Waals surface area contributed by atoms with Crippen LogP contribution in [0.3, 0.4) is 0 Å². The van der Waals surface area contributed by atoms with Gasteiger partial charge in [0.1, 0.15) is 11.3 Å². The molecule has 0 bridgehead atoms. The molecular formula is C14H11N3O4S. The maximum absolute atomic E-state index is 12.1. The Balaban J connectivity index is 2.53. The summed E-state index contributed by atoms with van der Waals surface area (Å²) in [7, 11) is 0. The van der Waals surface area contributed by atoms with Crippen molar-refractivity contribution in [3.05, 3.63) is 45.2 Å². The van der Waals surface area contributed by atoms with Gasteiger partial charge in [0, 0.05) is 6.54 Å². The van der Waals surface area contributed by atoms with Crippen molar-refractivity contribution < 1.29 is 14.3 Å². The molecule has 0 fully saturated rings. The summed E-state index contributed by atoms with van der Waals surface area (Å²) in [5.74, 6) is -0.802. The number of carboxylic acid groups (broad SMARTS) is 1. The predicted molar refractivity (Wildman–Crippen MR) is 81.5 cm³/mol. The van der Waals surface area contributed by atoms with Crippen molar-refractivity contribution in [2.45, 2.75) is 13.5 Å². The van der Waals surface area contributed by atoms with Crippen LogP contribution in [0.15, 0.2) is 33.7 Å². The van der Waals surface area contributed by atoms with Gasteiger partial charge in [0.05, 0.1) is 17.2 Å². The van der Waals surface area contributed by atoms with Gasteiger partial charge in [-0.05, 0) is 37.3 Å². The molecule has 0 spiro atoms. The fraction of sp³-hybridized carbons (Fsp3) is 0.143. The Bertz CT molecular complexity index is 986. The van der Waals surface area contributed by atoms with Crippen LogP contribution in [-0.4, -0.2) is 25.6 Å². The van der Waals surface area contributed by atoms with E-state index in [1.807, 2.05) is 6.92 Å². The highest BCUT2D eigenvalue weighted by Crippen LogP contribution is 2.23. The van der Waals surface area contributed by atoms with Crippen molar-refractivity contribution in [1.82, 2.24) is 14.5 Å². The van der Waals surface area contributed by atoms with Crippen molar-refractivity contribution in [2.24, 2.45) is 0 Å². The highest BCUT2D eigenvalue weighted by Gasteiger charge is 2.19. The summed E-state index contributed by atoms with van der Waals surface area (Å²) in [4.78, 5) is 30.5. The van der Waals surface area contributed by atoms with Gasteiger partial charge in [-0.1, -0.05) is 0 Å². The van der Waals surface area contributed by atoms with Crippen LogP contribution in [-0.2, 0) is 6.54 Å². The topological polar surface area (TPSA) is 101 Å². The number of aromatic nitrogens is 3. The number of aryl methyl sites for hydroxylation is 1. The summed E-state index contributed by atoms with van der Waals surface area (Å²) in [6.45, 7) is 2.27. The van der Waals surface area contributed by atoms with Gasteiger partial charge in [-0.25, -0.2) is 9.78 Å². The number of carbonyl (C=O) groups is 1. The molecule has 0 aliphatic heterocycles. The average Bonchev–Trinajstić information content (AvgIpc) is 3.00. The number of nitrogens with zero attached hydrogens (tertiary/aromatic N) is 2. The zero-order chi connectivity index (χ0) is 15.9. The fourth-order valence-corrected chi connectivity index (χ4v) is 2.59. The molecule has 0 saturated heterocycles. The third-order valence-corrected chi connectivity index (χ3v) is 3.59. The molecule has 2 N–H and O–H groups in total. The third kappa shape index (κ3) is 2.13. The van der Waals surface area contributed by atoms with E-state index in [2.05, 4.69) is 9.97 Å². The quantitative estimate of drug-likeness (QED) is 0.719. The van der Waals surface area contributed by atoms with E-state index >= 15 is 0 Å². The van der Waals surface area contributed by atoms with Crippen molar-refractivity contribution in [1.29, 1.82) is 0 Å². The number of nitrogens with one attached hydrogen (secondary N) is 1. The minimum absolute atomic E-state index is 0.00161. The van der Waals surface area contributed by atoms with Crippen LogP contribution < -0.4 is 5.56 Å². The minimum Gasteiger partial charge on any atom is -0.478 e. The van der Waals surface area contributed by atoms with Crippen LogP contribution >= 0.6 is 12.2 Å². The van der Waals surface area contributed by atoms with Crippen LogP contribution in [0, 0.1) is 4.77 Å². The van der Waals surface area contributed by atoms with Crippen LogP contribution in [0.5, 0.6) is 0 Å². The van der Waals surface area contributed by atoms with Crippen LogP contribution in [0.1, 0.15) is 17.3 Å². The van der Waals surface area contributed by atoms with Gasteiger partial charge in [0.15, 0.2) is 10.5 Å². The largest absolute Gasteiger partial charge is 0.478 e. The lowest BCUT2D eigenvalue weighted by Crippen LogP contribution is -2.18. The zero-order valence-electron chi connectivity index (χ0n) is 11.5. The molecule has 0 unspecified atom stereocenters. The second-order valence-corrected chi connectivity index (χ2v) is 4.93. The Morgan fingerprint density at radius 2 is 2.32 bits per heavy atom. The third-order valence-electron chi connectivity index (χ3n) is 3.27. The van der Waals surface area contributed by atoms with Crippen LogP contribution in [0.25, 0.3) is 22.5 Å². The monoisotopic (exact) mass is 317 g/mol. The molecule has 112 valence electrons. The molecule has 0 aliphatic rings. The van der Waals surface area contributed by atoms with Crippen molar-refractivity contribution >= 4 is 29.2 Å². The van der Waals surface area contributed by atoms with E-state index in [0.29, 0.717) is 18.0 Å². The first-order chi connectivity index (χ1) is 10.5. The Morgan fingerprint density at radius 1 is 1.55 bits per heavy atom. The number of hydrogen-bond acceptors (Lipinski definition) is 5. The second-order valence-electron chi connectivity index (χ2n) is 4.54. The van der Waals surface area contributed by atoms with E-state index in [0.717, 1.165) is 0 Å². The summed E-state index contributed by atoms with van der Waals surface area (Å²) in [5, 5.41) is 9.41. The van der Waals surface area contributed by atoms with Crippen molar-refractivity contribution in [3.63, 3.8) is 0 Å². The van der Waals surface area contributed by atoms with E-state index in [-0.39, 0.29) is 21.4 Å². The molecule has 3 rings (SSSR count). The highest BCUT2D eigenvalue weighted by molar-refractivity contribution is 7.71. The molecule has 0 atom stereocenters. The number of fused-ring (bicyclic) bond motifs is 1. The summed E-state index contributed by atoms with van der Waals surface area (Å²) < 4.78 is 7.03. The molecule has 0 amide bonds. The van der Waals surface area contributed by atoms with Gasteiger partial charge in [0.25, 0.3) is 5.56 Å². The fourth-order valence-electron chi connectivity index (χ4n) is 2.29. The Kier molecular flexibility index (Phi) is 3.38. The maximum Gasteiger partial charge on any atom is 0.336 e. The highest BCUT2D eigenvalue weighted by atomic mass is 32.1. The van der Waals surface area contributed by atoms with Crippen molar-refractivity contribution in [3.8, 4) is 11.5 Å². The normalized spacial score (nSPS) is 11.0. The lowest BCUT2D eigenvalue weighted by molar-refractivity contribution is 0.0699. The van der Waals surface area contributed by atoms with Gasteiger partial charge in [-0.2, -0.15) is 0 Å². The Hall–Kier alpha value is -2.74.